The molecule has 3 nitrogen and oxygen atoms in total. The summed E-state index contributed by atoms with van der Waals surface area (Å²) in [6.45, 7) is 0.0887. The first-order valence-electron chi connectivity index (χ1n) is 3.57. The van der Waals surface area contributed by atoms with E-state index in [4.69, 9.17) is 11.0 Å². The molecule has 0 atom stereocenters. The van der Waals surface area contributed by atoms with Crippen LogP contribution >= 0.6 is 0 Å². The van der Waals surface area contributed by atoms with E-state index in [1.165, 1.54) is 12.1 Å². The van der Waals surface area contributed by atoms with Gasteiger partial charge in [0.25, 0.3) is 6.43 Å². The van der Waals surface area contributed by atoms with Gasteiger partial charge in [-0.05, 0) is 12.1 Å². The van der Waals surface area contributed by atoms with Crippen LogP contribution < -0.4 is 5.73 Å². The summed E-state index contributed by atoms with van der Waals surface area (Å²) in [5, 5.41) is 8.48. The number of aromatic nitrogens is 1. The molecule has 1 heterocycles. The normalized spacial score (nSPS) is 10.1. The third-order valence-corrected chi connectivity index (χ3v) is 1.52. The number of pyridine rings is 1. The minimum absolute atomic E-state index is 0.0887. The molecule has 1 aromatic heterocycles. The zero-order valence-electron chi connectivity index (χ0n) is 6.67. The van der Waals surface area contributed by atoms with Gasteiger partial charge in [-0.25, -0.2) is 13.8 Å². The van der Waals surface area contributed by atoms with E-state index < -0.39 is 12.1 Å². The average molecular weight is 183 g/mol. The van der Waals surface area contributed by atoms with Crippen LogP contribution in [0.1, 0.15) is 23.4 Å². The Balaban J connectivity index is 3.20. The molecule has 2 N–H and O–H groups in total. The lowest BCUT2D eigenvalue weighted by Gasteiger charge is -2.03. The molecule has 0 aromatic carbocycles. The molecule has 13 heavy (non-hydrogen) atoms. The summed E-state index contributed by atoms with van der Waals surface area (Å²) < 4.78 is 24.6. The zero-order valence-corrected chi connectivity index (χ0v) is 6.67. The highest BCUT2D eigenvalue weighted by molar-refractivity contribution is 5.34. The highest BCUT2D eigenvalue weighted by Crippen LogP contribution is 2.20. The average Bonchev–Trinajstić information content (AvgIpc) is 2.16. The zero-order chi connectivity index (χ0) is 9.84. The van der Waals surface area contributed by atoms with Crippen molar-refractivity contribution in [2.75, 3.05) is 0 Å². The summed E-state index contributed by atoms with van der Waals surface area (Å²) in [7, 11) is 0. The highest BCUT2D eigenvalue weighted by Gasteiger charge is 2.14. The predicted octanol–water partition coefficient (Wildman–Crippen LogP) is 1.35. The Morgan fingerprint density at radius 2 is 2.23 bits per heavy atom. The van der Waals surface area contributed by atoms with Crippen molar-refractivity contribution in [1.29, 1.82) is 5.26 Å². The molecule has 0 bridgehead atoms. The van der Waals surface area contributed by atoms with Gasteiger partial charge < -0.3 is 5.73 Å². The molecule has 1 aromatic rings. The Bertz CT molecular complexity index is 344. The quantitative estimate of drug-likeness (QED) is 0.752. The fourth-order valence-electron chi connectivity index (χ4n) is 0.892. The largest absolute Gasteiger partial charge is 0.325 e. The second-order valence-corrected chi connectivity index (χ2v) is 2.35. The Morgan fingerprint density at radius 3 is 2.69 bits per heavy atom. The van der Waals surface area contributed by atoms with E-state index in [9.17, 15) is 8.78 Å². The maximum absolute atomic E-state index is 12.3. The first-order chi connectivity index (χ1) is 6.19. The summed E-state index contributed by atoms with van der Waals surface area (Å²) in [6, 6.07) is 4.41. The summed E-state index contributed by atoms with van der Waals surface area (Å²) in [5.74, 6) is 0. The molecule has 0 saturated heterocycles. The molecule has 5 heteroatoms. The number of nitrogens with zero attached hydrogens (tertiary/aromatic N) is 2. The first-order valence-corrected chi connectivity index (χ1v) is 3.57. The van der Waals surface area contributed by atoms with Crippen LogP contribution in [-0.4, -0.2) is 4.98 Å². The third-order valence-electron chi connectivity index (χ3n) is 1.52. The SMILES string of the molecule is N#Cc1ccc(CN)nc1C(F)F. The molecule has 0 aliphatic rings. The number of alkyl halides is 2. The van der Waals surface area contributed by atoms with Crippen LogP contribution in [0.5, 0.6) is 0 Å². The lowest BCUT2D eigenvalue weighted by Crippen LogP contribution is -2.04. The molecule has 1 rings (SSSR count). The summed E-state index contributed by atoms with van der Waals surface area (Å²) >= 11 is 0. The predicted molar refractivity (Wildman–Crippen MR) is 41.8 cm³/mol. The van der Waals surface area contributed by atoms with Crippen LogP contribution in [0.2, 0.25) is 0 Å². The summed E-state index contributed by atoms with van der Waals surface area (Å²) in [6.07, 6.45) is -2.74. The van der Waals surface area contributed by atoms with Gasteiger partial charge in [0.15, 0.2) is 0 Å². The van der Waals surface area contributed by atoms with Gasteiger partial charge in [-0.2, -0.15) is 5.26 Å². The molecule has 68 valence electrons. The number of nitriles is 1. The fourth-order valence-corrected chi connectivity index (χ4v) is 0.892. The highest BCUT2D eigenvalue weighted by atomic mass is 19.3. The van der Waals surface area contributed by atoms with E-state index in [-0.39, 0.29) is 12.1 Å². The third kappa shape index (κ3) is 1.98. The Hall–Kier alpha value is -1.54. The molecule has 0 unspecified atom stereocenters. The maximum atomic E-state index is 12.3. The van der Waals surface area contributed by atoms with Crippen LogP contribution in [0.4, 0.5) is 8.78 Å². The fraction of sp³-hybridized carbons (Fsp3) is 0.250. The van der Waals surface area contributed by atoms with Crippen molar-refractivity contribution in [3.8, 4) is 6.07 Å². The standard InChI is InChI=1S/C8H7F2N3/c9-8(10)7-5(3-11)1-2-6(4-12)13-7/h1-2,8H,4,12H2. The molecule has 0 aliphatic heterocycles. The van der Waals surface area contributed by atoms with Crippen molar-refractivity contribution in [2.24, 2.45) is 5.73 Å². The molecule has 0 aliphatic carbocycles. The van der Waals surface area contributed by atoms with E-state index in [0.717, 1.165) is 0 Å². The monoisotopic (exact) mass is 183 g/mol. The van der Waals surface area contributed by atoms with Gasteiger partial charge in [-0.1, -0.05) is 0 Å². The Labute approximate surface area is 73.8 Å². The van der Waals surface area contributed by atoms with Gasteiger partial charge in [0, 0.05) is 6.54 Å². The van der Waals surface area contributed by atoms with Gasteiger partial charge in [-0.3, -0.25) is 0 Å². The minimum atomic E-state index is -2.74. The number of hydrogen-bond donors (Lipinski definition) is 1. The van der Waals surface area contributed by atoms with Crippen molar-refractivity contribution in [3.05, 3.63) is 29.1 Å². The Morgan fingerprint density at radius 1 is 1.54 bits per heavy atom. The van der Waals surface area contributed by atoms with E-state index in [1.807, 2.05) is 0 Å². The van der Waals surface area contributed by atoms with Crippen molar-refractivity contribution < 1.29 is 8.78 Å². The molecule has 0 saturated carbocycles. The molecule has 0 spiro atoms. The number of hydrogen-bond acceptors (Lipinski definition) is 3. The van der Waals surface area contributed by atoms with Crippen LogP contribution in [0.25, 0.3) is 0 Å². The Kier molecular flexibility index (Phi) is 2.88. The number of halogens is 2. The van der Waals surface area contributed by atoms with E-state index in [0.29, 0.717) is 5.69 Å². The maximum Gasteiger partial charge on any atom is 0.281 e. The summed E-state index contributed by atoms with van der Waals surface area (Å²) in [4.78, 5) is 3.56. The van der Waals surface area contributed by atoms with E-state index in [2.05, 4.69) is 4.98 Å². The topological polar surface area (TPSA) is 62.7 Å². The molecule has 0 fully saturated rings. The van der Waals surface area contributed by atoms with Crippen molar-refractivity contribution in [2.45, 2.75) is 13.0 Å². The van der Waals surface area contributed by atoms with Crippen molar-refractivity contribution >= 4 is 0 Å². The van der Waals surface area contributed by atoms with E-state index in [1.54, 1.807) is 6.07 Å². The van der Waals surface area contributed by atoms with Gasteiger partial charge in [0.05, 0.1) is 11.3 Å². The summed E-state index contributed by atoms with van der Waals surface area (Å²) in [5.41, 5.74) is 4.98. The lowest BCUT2D eigenvalue weighted by molar-refractivity contribution is 0.145. The van der Waals surface area contributed by atoms with Crippen LogP contribution in [0.15, 0.2) is 12.1 Å². The lowest BCUT2D eigenvalue weighted by atomic mass is 10.2. The van der Waals surface area contributed by atoms with Gasteiger partial charge in [0.2, 0.25) is 0 Å². The van der Waals surface area contributed by atoms with Crippen LogP contribution in [0, 0.1) is 11.3 Å². The van der Waals surface area contributed by atoms with Gasteiger partial charge in [-0.15, -0.1) is 0 Å². The van der Waals surface area contributed by atoms with Crippen molar-refractivity contribution in [1.82, 2.24) is 4.98 Å². The first kappa shape index (κ1) is 9.55. The number of nitrogens with two attached hydrogens (primary N) is 1. The molecule has 0 radical (unpaired) electrons. The second-order valence-electron chi connectivity index (χ2n) is 2.35. The molecule has 0 amide bonds. The van der Waals surface area contributed by atoms with Gasteiger partial charge >= 0.3 is 0 Å². The molecular formula is C8H7F2N3. The van der Waals surface area contributed by atoms with Crippen molar-refractivity contribution in [3.63, 3.8) is 0 Å². The number of rotatable bonds is 2. The van der Waals surface area contributed by atoms with E-state index >= 15 is 0 Å². The van der Waals surface area contributed by atoms with Crippen LogP contribution in [0.3, 0.4) is 0 Å². The van der Waals surface area contributed by atoms with Gasteiger partial charge in [0.1, 0.15) is 11.8 Å². The minimum Gasteiger partial charge on any atom is -0.325 e. The smallest absolute Gasteiger partial charge is 0.281 e. The molecular weight excluding hydrogens is 176 g/mol. The van der Waals surface area contributed by atoms with Crippen LogP contribution in [-0.2, 0) is 6.54 Å². The second kappa shape index (κ2) is 3.92.